The molecule has 2 N–H and O–H groups in total. The summed E-state index contributed by atoms with van der Waals surface area (Å²) in [5.74, 6) is 1.76. The van der Waals surface area contributed by atoms with Crippen LogP contribution in [0.15, 0.2) is 46.3 Å². The molecule has 0 aliphatic rings. The van der Waals surface area contributed by atoms with Gasteiger partial charge in [0.2, 0.25) is 0 Å². The Bertz CT molecular complexity index is 743. The molecule has 2 aromatic rings. The number of thioether (sulfide) groups is 1. The van der Waals surface area contributed by atoms with Crippen LogP contribution >= 0.6 is 11.8 Å². The van der Waals surface area contributed by atoms with Crippen LogP contribution in [-0.4, -0.2) is 37.8 Å². The summed E-state index contributed by atoms with van der Waals surface area (Å²) in [5.41, 5.74) is 3.51. The monoisotopic (exact) mass is 371 g/mol. The molecule has 5 nitrogen and oxygen atoms in total. The van der Waals surface area contributed by atoms with Crippen LogP contribution in [0.5, 0.6) is 0 Å². The third-order valence-corrected chi connectivity index (χ3v) is 4.70. The molecule has 0 unspecified atom stereocenters. The Morgan fingerprint density at radius 3 is 2.69 bits per heavy atom. The lowest BCUT2D eigenvalue weighted by Gasteiger charge is -2.14. The Morgan fingerprint density at radius 1 is 1.19 bits per heavy atom. The topological polar surface area (TPSA) is 52.6 Å². The average Bonchev–Trinajstić information content (AvgIpc) is 2.64. The first-order valence-electron chi connectivity index (χ1n) is 8.82. The van der Waals surface area contributed by atoms with Gasteiger partial charge in [0, 0.05) is 25.5 Å². The molecule has 26 heavy (non-hydrogen) atoms. The highest BCUT2D eigenvalue weighted by Gasteiger charge is 2.04. The van der Waals surface area contributed by atoms with Crippen molar-refractivity contribution in [2.45, 2.75) is 31.8 Å². The molecule has 0 spiro atoms. The van der Waals surface area contributed by atoms with Crippen LogP contribution in [-0.2, 0) is 13.1 Å². The highest BCUT2D eigenvalue weighted by molar-refractivity contribution is 7.98. The van der Waals surface area contributed by atoms with Gasteiger partial charge < -0.3 is 15.5 Å². The van der Waals surface area contributed by atoms with Gasteiger partial charge >= 0.3 is 0 Å². The minimum atomic E-state index is 0.636. The van der Waals surface area contributed by atoms with E-state index in [-0.39, 0.29) is 0 Å². The van der Waals surface area contributed by atoms with Crippen molar-refractivity contribution in [1.82, 2.24) is 15.6 Å². The first kappa shape index (κ1) is 20.1. The standard InChI is InChI=1S/C20H29N5S/c1-6-21-20(22-13-16-11-10-15(2)12-18(16)26-5)23-14-17-8-7-9-19(24-17)25(3)4/h7-12H,6,13-14H2,1-5H3,(H2,21,22,23). The first-order chi connectivity index (χ1) is 12.5. The SMILES string of the molecule is CCNC(=NCc1ccc(C)cc1SC)NCc1cccc(N(C)C)n1. The van der Waals surface area contributed by atoms with Crippen molar-refractivity contribution < 1.29 is 0 Å². The molecular formula is C20H29N5S. The van der Waals surface area contributed by atoms with E-state index >= 15 is 0 Å². The van der Waals surface area contributed by atoms with Crippen molar-refractivity contribution in [2.75, 3.05) is 31.8 Å². The summed E-state index contributed by atoms with van der Waals surface area (Å²) in [4.78, 5) is 12.7. The van der Waals surface area contributed by atoms with E-state index < -0.39 is 0 Å². The summed E-state index contributed by atoms with van der Waals surface area (Å²) in [6.45, 7) is 6.29. The molecule has 0 bridgehead atoms. The number of hydrogen-bond donors (Lipinski definition) is 2. The van der Waals surface area contributed by atoms with Crippen molar-refractivity contribution in [3.05, 3.63) is 53.2 Å². The molecule has 1 aromatic heterocycles. The zero-order valence-corrected chi connectivity index (χ0v) is 17.2. The van der Waals surface area contributed by atoms with Crippen molar-refractivity contribution >= 4 is 23.5 Å². The van der Waals surface area contributed by atoms with Crippen LogP contribution < -0.4 is 15.5 Å². The van der Waals surface area contributed by atoms with Gasteiger partial charge in [-0.15, -0.1) is 11.8 Å². The van der Waals surface area contributed by atoms with Gasteiger partial charge in [-0.25, -0.2) is 9.98 Å². The smallest absolute Gasteiger partial charge is 0.191 e. The quantitative estimate of drug-likeness (QED) is 0.444. The van der Waals surface area contributed by atoms with E-state index in [0.29, 0.717) is 13.1 Å². The predicted molar refractivity (Wildman–Crippen MR) is 113 cm³/mol. The number of anilines is 1. The summed E-state index contributed by atoms with van der Waals surface area (Å²) in [5, 5.41) is 6.68. The molecule has 0 fully saturated rings. The van der Waals surface area contributed by atoms with Crippen molar-refractivity contribution in [3.63, 3.8) is 0 Å². The fourth-order valence-corrected chi connectivity index (χ4v) is 3.18. The highest BCUT2D eigenvalue weighted by Crippen LogP contribution is 2.22. The van der Waals surface area contributed by atoms with Gasteiger partial charge in [-0.2, -0.15) is 0 Å². The summed E-state index contributed by atoms with van der Waals surface area (Å²) in [6.07, 6.45) is 2.11. The predicted octanol–water partition coefficient (Wildman–Crippen LogP) is 3.43. The van der Waals surface area contributed by atoms with Crippen molar-refractivity contribution in [3.8, 4) is 0 Å². The maximum atomic E-state index is 4.74. The fourth-order valence-electron chi connectivity index (χ4n) is 2.48. The first-order valence-corrected chi connectivity index (χ1v) is 10.0. The van der Waals surface area contributed by atoms with E-state index in [1.54, 1.807) is 11.8 Å². The Hall–Kier alpha value is -2.21. The normalized spacial score (nSPS) is 11.3. The third-order valence-electron chi connectivity index (χ3n) is 3.88. The number of nitrogens with zero attached hydrogens (tertiary/aromatic N) is 3. The Morgan fingerprint density at radius 2 is 2.00 bits per heavy atom. The lowest BCUT2D eigenvalue weighted by atomic mass is 10.1. The number of aliphatic imine (C=N–C) groups is 1. The van der Waals surface area contributed by atoms with E-state index in [4.69, 9.17) is 4.99 Å². The summed E-state index contributed by atoms with van der Waals surface area (Å²) < 4.78 is 0. The molecule has 0 saturated heterocycles. The minimum absolute atomic E-state index is 0.636. The average molecular weight is 372 g/mol. The van der Waals surface area contributed by atoms with Crippen molar-refractivity contribution in [1.29, 1.82) is 0 Å². The van der Waals surface area contributed by atoms with Crippen LogP contribution in [0.2, 0.25) is 0 Å². The number of aryl methyl sites for hydroxylation is 1. The summed E-state index contributed by atoms with van der Waals surface area (Å²) in [7, 11) is 3.99. The van der Waals surface area contributed by atoms with E-state index in [2.05, 4.69) is 53.9 Å². The molecule has 140 valence electrons. The van der Waals surface area contributed by atoms with E-state index in [9.17, 15) is 0 Å². The number of benzene rings is 1. The molecular weight excluding hydrogens is 342 g/mol. The lowest BCUT2D eigenvalue weighted by Crippen LogP contribution is -2.37. The molecule has 6 heteroatoms. The maximum Gasteiger partial charge on any atom is 0.191 e. The molecule has 0 aliphatic heterocycles. The molecule has 0 aliphatic carbocycles. The van der Waals surface area contributed by atoms with Gasteiger partial charge in [0.05, 0.1) is 18.8 Å². The van der Waals surface area contributed by atoms with E-state index in [0.717, 1.165) is 24.0 Å². The molecule has 0 amide bonds. The van der Waals surface area contributed by atoms with Crippen LogP contribution in [0, 0.1) is 6.92 Å². The molecule has 0 atom stereocenters. The Balaban J connectivity index is 2.06. The van der Waals surface area contributed by atoms with Gasteiger partial charge in [0.25, 0.3) is 0 Å². The fraction of sp³-hybridized carbons (Fsp3) is 0.400. The van der Waals surface area contributed by atoms with Gasteiger partial charge in [0.15, 0.2) is 5.96 Å². The number of rotatable bonds is 7. The minimum Gasteiger partial charge on any atom is -0.363 e. The second-order valence-corrected chi connectivity index (χ2v) is 7.09. The second kappa shape index (κ2) is 10.1. The van der Waals surface area contributed by atoms with Crippen LogP contribution in [0.4, 0.5) is 5.82 Å². The van der Waals surface area contributed by atoms with Gasteiger partial charge in [0.1, 0.15) is 5.82 Å². The van der Waals surface area contributed by atoms with Crippen LogP contribution in [0.1, 0.15) is 23.7 Å². The lowest BCUT2D eigenvalue weighted by molar-refractivity contribution is 0.796. The molecule has 0 saturated carbocycles. The zero-order chi connectivity index (χ0) is 18.9. The largest absolute Gasteiger partial charge is 0.363 e. The van der Waals surface area contributed by atoms with Crippen molar-refractivity contribution in [2.24, 2.45) is 4.99 Å². The number of nitrogens with one attached hydrogen (secondary N) is 2. The maximum absolute atomic E-state index is 4.74. The number of guanidine groups is 1. The van der Waals surface area contributed by atoms with Gasteiger partial charge in [-0.3, -0.25) is 0 Å². The van der Waals surface area contributed by atoms with E-state index in [1.807, 2.05) is 37.2 Å². The molecule has 2 rings (SSSR count). The summed E-state index contributed by atoms with van der Waals surface area (Å²) >= 11 is 1.76. The number of pyridine rings is 1. The van der Waals surface area contributed by atoms with Gasteiger partial charge in [-0.05, 0) is 49.4 Å². The Kier molecular flexibility index (Phi) is 7.78. The van der Waals surface area contributed by atoms with Crippen LogP contribution in [0.3, 0.4) is 0 Å². The summed E-state index contributed by atoms with van der Waals surface area (Å²) in [6, 6.07) is 12.6. The van der Waals surface area contributed by atoms with Gasteiger partial charge in [-0.1, -0.05) is 18.2 Å². The molecule has 1 aromatic carbocycles. The number of aromatic nitrogens is 1. The highest BCUT2D eigenvalue weighted by atomic mass is 32.2. The van der Waals surface area contributed by atoms with E-state index in [1.165, 1.54) is 16.0 Å². The number of hydrogen-bond acceptors (Lipinski definition) is 4. The second-order valence-electron chi connectivity index (χ2n) is 6.25. The molecule has 0 radical (unpaired) electrons. The zero-order valence-electron chi connectivity index (χ0n) is 16.3. The molecule has 1 heterocycles. The third kappa shape index (κ3) is 5.95. The van der Waals surface area contributed by atoms with Crippen LogP contribution in [0.25, 0.3) is 0 Å². The Labute approximate surface area is 161 Å².